The van der Waals surface area contributed by atoms with Gasteiger partial charge in [0, 0.05) is 24.5 Å². The van der Waals surface area contributed by atoms with Crippen LogP contribution in [0, 0.1) is 11.7 Å². The van der Waals surface area contributed by atoms with Gasteiger partial charge in [-0.2, -0.15) is 0 Å². The predicted molar refractivity (Wildman–Crippen MR) is 124 cm³/mol. The topological polar surface area (TPSA) is 61.9 Å². The zero-order valence-electron chi connectivity index (χ0n) is 19.0. The third-order valence-corrected chi connectivity index (χ3v) is 6.80. The second-order valence-electron chi connectivity index (χ2n) is 8.15. The van der Waals surface area contributed by atoms with E-state index in [0.29, 0.717) is 31.3 Å². The molecule has 1 aromatic carbocycles. The van der Waals surface area contributed by atoms with Gasteiger partial charge in [0.15, 0.2) is 0 Å². The van der Waals surface area contributed by atoms with E-state index in [4.69, 9.17) is 4.74 Å². The molecular formula is C24H32FN3O3S. The minimum atomic E-state index is -0.321. The summed E-state index contributed by atoms with van der Waals surface area (Å²) in [7, 11) is 0. The molecule has 0 unspecified atom stereocenters. The summed E-state index contributed by atoms with van der Waals surface area (Å²) in [5.41, 5.74) is 1.09. The molecule has 3 amide bonds. The van der Waals surface area contributed by atoms with Crippen molar-refractivity contribution < 1.29 is 18.7 Å². The fraction of sp³-hybridized carbons (Fsp3) is 0.500. The monoisotopic (exact) mass is 461 g/mol. The van der Waals surface area contributed by atoms with Crippen LogP contribution < -0.4 is 10.1 Å². The molecule has 1 N–H and O–H groups in total. The molecule has 8 heteroatoms. The molecule has 2 atom stereocenters. The van der Waals surface area contributed by atoms with Gasteiger partial charge in [-0.1, -0.05) is 20.3 Å². The fourth-order valence-corrected chi connectivity index (χ4v) is 4.75. The number of hydrogen-bond acceptors (Lipinski definition) is 4. The molecule has 6 nitrogen and oxygen atoms in total. The van der Waals surface area contributed by atoms with Gasteiger partial charge >= 0.3 is 6.03 Å². The highest BCUT2D eigenvalue weighted by Gasteiger charge is 2.33. The molecule has 2 heterocycles. The average molecular weight is 462 g/mol. The van der Waals surface area contributed by atoms with Crippen LogP contribution in [0.2, 0.25) is 0 Å². The Bertz CT molecular complexity index is 902. The van der Waals surface area contributed by atoms with E-state index in [2.05, 4.69) is 19.2 Å². The predicted octanol–water partition coefficient (Wildman–Crippen LogP) is 4.47. The summed E-state index contributed by atoms with van der Waals surface area (Å²) in [5.74, 6) is 0.442. The number of thiophene rings is 1. The van der Waals surface area contributed by atoms with E-state index in [9.17, 15) is 14.0 Å². The summed E-state index contributed by atoms with van der Waals surface area (Å²) in [6, 6.07) is 7.46. The molecular weight excluding hydrogens is 429 g/mol. The molecule has 174 valence electrons. The third kappa shape index (κ3) is 6.00. The first kappa shape index (κ1) is 24.0. The smallest absolute Gasteiger partial charge is 0.317 e. The Kier molecular flexibility index (Phi) is 8.50. The molecule has 0 fully saturated rings. The number of halogens is 1. The van der Waals surface area contributed by atoms with Gasteiger partial charge in [-0.25, -0.2) is 9.18 Å². The first-order valence-corrected chi connectivity index (χ1v) is 12.1. The van der Waals surface area contributed by atoms with Crippen molar-refractivity contribution in [1.29, 1.82) is 0 Å². The number of carbonyl (C=O) groups is 2. The Morgan fingerprint density at radius 3 is 2.72 bits per heavy atom. The van der Waals surface area contributed by atoms with Gasteiger partial charge in [0.05, 0.1) is 6.04 Å². The Morgan fingerprint density at radius 1 is 1.28 bits per heavy atom. The summed E-state index contributed by atoms with van der Waals surface area (Å²) in [6.07, 6.45) is 1.72. The highest BCUT2D eigenvalue weighted by atomic mass is 32.1. The zero-order chi connectivity index (χ0) is 23.1. The standard InChI is InChI=1S/C24H32FN3O3S/c1-4-17(3)14-27(24(30)26-5-2)15-23(29)28-12-10-22-20(11-13-32-22)21(28)16-31-19-8-6-18(25)7-9-19/h6-9,11,13,17,21H,4-5,10,12,14-16H2,1-3H3,(H,26,30)/t17-,21+/m1/s1. The number of amides is 3. The van der Waals surface area contributed by atoms with E-state index in [1.807, 2.05) is 23.3 Å². The lowest BCUT2D eigenvalue weighted by atomic mass is 10.00. The van der Waals surface area contributed by atoms with Crippen LogP contribution in [0.25, 0.3) is 0 Å². The van der Waals surface area contributed by atoms with Crippen molar-refractivity contribution >= 4 is 23.3 Å². The molecule has 0 radical (unpaired) electrons. The number of fused-ring (bicyclic) bond motifs is 1. The maximum absolute atomic E-state index is 13.4. The first-order valence-electron chi connectivity index (χ1n) is 11.2. The first-order chi connectivity index (χ1) is 15.4. The molecule has 1 aromatic heterocycles. The van der Waals surface area contributed by atoms with E-state index < -0.39 is 0 Å². The Morgan fingerprint density at radius 2 is 2.03 bits per heavy atom. The lowest BCUT2D eigenvalue weighted by Crippen LogP contribution is -2.50. The number of urea groups is 1. The van der Waals surface area contributed by atoms with Crippen molar-refractivity contribution in [2.75, 3.05) is 32.8 Å². The minimum absolute atomic E-state index is 0.0304. The number of benzene rings is 1. The number of rotatable bonds is 9. The van der Waals surface area contributed by atoms with E-state index >= 15 is 0 Å². The number of hydrogen-bond donors (Lipinski definition) is 1. The third-order valence-electron chi connectivity index (χ3n) is 5.81. The zero-order valence-corrected chi connectivity index (χ0v) is 19.8. The Hall–Kier alpha value is -2.61. The van der Waals surface area contributed by atoms with E-state index in [1.165, 1.54) is 17.0 Å². The second kappa shape index (κ2) is 11.3. The molecule has 0 bridgehead atoms. The van der Waals surface area contributed by atoms with E-state index in [-0.39, 0.29) is 36.9 Å². The largest absolute Gasteiger partial charge is 0.491 e. The van der Waals surface area contributed by atoms with Crippen LogP contribution in [0.15, 0.2) is 35.7 Å². The molecule has 1 aliphatic heterocycles. The maximum Gasteiger partial charge on any atom is 0.317 e. The lowest BCUT2D eigenvalue weighted by Gasteiger charge is -2.37. The summed E-state index contributed by atoms with van der Waals surface area (Å²) in [4.78, 5) is 30.7. The SMILES string of the molecule is CCNC(=O)N(CC(=O)N1CCc2sccc2[C@@H]1COc1ccc(F)cc1)C[C@H](C)CC. The Balaban J connectivity index is 1.75. The maximum atomic E-state index is 13.4. The van der Waals surface area contributed by atoms with Crippen molar-refractivity contribution in [1.82, 2.24) is 15.1 Å². The van der Waals surface area contributed by atoms with Crippen LogP contribution in [-0.4, -0.2) is 54.5 Å². The summed E-state index contributed by atoms with van der Waals surface area (Å²) in [5, 5.41) is 4.86. The number of ether oxygens (including phenoxy) is 1. The number of carbonyl (C=O) groups excluding carboxylic acids is 2. The molecule has 32 heavy (non-hydrogen) atoms. The molecule has 0 aliphatic carbocycles. The van der Waals surface area contributed by atoms with Gasteiger partial charge in [-0.15, -0.1) is 11.3 Å². The van der Waals surface area contributed by atoms with Gasteiger partial charge in [-0.05, 0) is 60.5 Å². The highest BCUT2D eigenvalue weighted by molar-refractivity contribution is 7.10. The summed E-state index contributed by atoms with van der Waals surface area (Å²) < 4.78 is 19.1. The van der Waals surface area contributed by atoms with Crippen molar-refractivity contribution in [3.8, 4) is 5.75 Å². The van der Waals surface area contributed by atoms with Gasteiger partial charge in [0.2, 0.25) is 5.91 Å². The lowest BCUT2D eigenvalue weighted by molar-refractivity contribution is -0.135. The summed E-state index contributed by atoms with van der Waals surface area (Å²) in [6.45, 7) is 7.95. The second-order valence-corrected chi connectivity index (χ2v) is 9.15. The number of nitrogens with one attached hydrogen (secondary N) is 1. The van der Waals surface area contributed by atoms with Gasteiger partial charge < -0.3 is 19.9 Å². The van der Waals surface area contributed by atoms with Crippen LogP contribution in [0.3, 0.4) is 0 Å². The quantitative estimate of drug-likeness (QED) is 0.599. The van der Waals surface area contributed by atoms with Gasteiger partial charge in [0.25, 0.3) is 0 Å². The van der Waals surface area contributed by atoms with Crippen molar-refractivity contribution in [3.63, 3.8) is 0 Å². The van der Waals surface area contributed by atoms with Crippen LogP contribution >= 0.6 is 11.3 Å². The van der Waals surface area contributed by atoms with Crippen LogP contribution in [0.4, 0.5) is 9.18 Å². The van der Waals surface area contributed by atoms with E-state index in [1.54, 1.807) is 28.4 Å². The van der Waals surface area contributed by atoms with Gasteiger partial charge in [-0.3, -0.25) is 4.79 Å². The molecule has 0 spiro atoms. The fourth-order valence-electron chi connectivity index (χ4n) is 3.82. The Labute approximate surface area is 193 Å². The molecule has 0 saturated carbocycles. The van der Waals surface area contributed by atoms with Crippen molar-refractivity contribution in [2.24, 2.45) is 5.92 Å². The van der Waals surface area contributed by atoms with Crippen LogP contribution in [-0.2, 0) is 11.2 Å². The highest BCUT2D eigenvalue weighted by Crippen LogP contribution is 2.34. The summed E-state index contributed by atoms with van der Waals surface area (Å²) >= 11 is 1.69. The number of nitrogens with zero attached hydrogens (tertiary/aromatic N) is 2. The van der Waals surface area contributed by atoms with Crippen LogP contribution in [0.5, 0.6) is 5.75 Å². The van der Waals surface area contributed by atoms with Crippen molar-refractivity contribution in [3.05, 3.63) is 52.0 Å². The molecule has 2 aromatic rings. The molecule has 1 aliphatic rings. The minimum Gasteiger partial charge on any atom is -0.491 e. The van der Waals surface area contributed by atoms with E-state index in [0.717, 1.165) is 18.4 Å². The molecule has 0 saturated heterocycles. The normalized spacial score (nSPS) is 16.2. The average Bonchev–Trinajstić information content (AvgIpc) is 3.27. The van der Waals surface area contributed by atoms with Gasteiger partial charge in [0.1, 0.15) is 24.7 Å². The molecule has 3 rings (SSSR count). The van der Waals surface area contributed by atoms with Crippen LogP contribution in [0.1, 0.15) is 43.7 Å². The van der Waals surface area contributed by atoms with Crippen molar-refractivity contribution in [2.45, 2.75) is 39.7 Å².